The quantitative estimate of drug-likeness (QED) is 0.341. The van der Waals surface area contributed by atoms with E-state index >= 15 is 0 Å². The van der Waals surface area contributed by atoms with E-state index in [0.717, 1.165) is 15.8 Å². The van der Waals surface area contributed by atoms with Gasteiger partial charge in [0.15, 0.2) is 0 Å². The SMILES string of the molecule is C[C@@H](c1cccc([N+](=O)[O-])c1)N(C)C(=O)CSc1ccc2ccccc2c1. The number of nitro benzene ring substituents is 1. The fourth-order valence-electron chi connectivity index (χ4n) is 2.84. The van der Waals surface area contributed by atoms with Crippen molar-refractivity contribution in [1.29, 1.82) is 0 Å². The van der Waals surface area contributed by atoms with Crippen molar-refractivity contribution >= 4 is 34.1 Å². The highest BCUT2D eigenvalue weighted by Gasteiger charge is 2.19. The molecule has 0 aliphatic rings. The monoisotopic (exact) mass is 380 g/mol. The lowest BCUT2D eigenvalue weighted by Gasteiger charge is -2.25. The van der Waals surface area contributed by atoms with Gasteiger partial charge in [-0.1, -0.05) is 42.5 Å². The van der Waals surface area contributed by atoms with Crippen LogP contribution in [0.25, 0.3) is 10.8 Å². The highest BCUT2D eigenvalue weighted by Crippen LogP contribution is 2.26. The zero-order valence-electron chi connectivity index (χ0n) is 15.2. The lowest BCUT2D eigenvalue weighted by Crippen LogP contribution is -2.31. The standard InChI is InChI=1S/C21H20N2O3S/c1-15(17-8-5-9-19(12-17)23(25)26)22(2)21(24)14-27-20-11-10-16-6-3-4-7-18(16)13-20/h3-13,15H,14H2,1-2H3/t15-/m0/s1. The molecule has 0 radical (unpaired) electrons. The summed E-state index contributed by atoms with van der Waals surface area (Å²) in [6.07, 6.45) is 0. The molecule has 3 aromatic carbocycles. The predicted octanol–water partition coefficient (Wildman–Crippen LogP) is 5.06. The van der Waals surface area contributed by atoms with Crippen molar-refractivity contribution in [3.8, 4) is 0 Å². The summed E-state index contributed by atoms with van der Waals surface area (Å²) in [6, 6.07) is 20.4. The summed E-state index contributed by atoms with van der Waals surface area (Å²) < 4.78 is 0. The maximum Gasteiger partial charge on any atom is 0.269 e. The second-order valence-corrected chi connectivity index (χ2v) is 7.38. The van der Waals surface area contributed by atoms with E-state index in [1.54, 1.807) is 24.1 Å². The van der Waals surface area contributed by atoms with Gasteiger partial charge < -0.3 is 4.90 Å². The molecule has 3 rings (SSSR count). The molecule has 1 amide bonds. The van der Waals surface area contributed by atoms with Crippen molar-refractivity contribution in [2.24, 2.45) is 0 Å². The Morgan fingerprint density at radius 2 is 1.81 bits per heavy atom. The van der Waals surface area contributed by atoms with Crippen LogP contribution in [0, 0.1) is 10.1 Å². The van der Waals surface area contributed by atoms with E-state index in [-0.39, 0.29) is 17.6 Å². The molecule has 0 spiro atoms. The second kappa shape index (κ2) is 8.22. The van der Waals surface area contributed by atoms with Crippen molar-refractivity contribution in [2.45, 2.75) is 17.9 Å². The van der Waals surface area contributed by atoms with Crippen molar-refractivity contribution in [3.05, 3.63) is 82.4 Å². The lowest BCUT2D eigenvalue weighted by atomic mass is 10.1. The predicted molar refractivity (Wildman–Crippen MR) is 109 cm³/mol. The summed E-state index contributed by atoms with van der Waals surface area (Å²) in [5, 5.41) is 13.3. The first kappa shape index (κ1) is 18.9. The molecule has 138 valence electrons. The average molecular weight is 380 g/mol. The molecule has 6 heteroatoms. The maximum atomic E-state index is 12.6. The number of benzene rings is 3. The van der Waals surface area contributed by atoms with Crippen LogP contribution in [0.15, 0.2) is 71.6 Å². The van der Waals surface area contributed by atoms with E-state index in [2.05, 4.69) is 24.3 Å². The topological polar surface area (TPSA) is 63.5 Å². The Hall–Kier alpha value is -2.86. The number of rotatable bonds is 6. The third-order valence-corrected chi connectivity index (χ3v) is 5.60. The van der Waals surface area contributed by atoms with E-state index in [0.29, 0.717) is 5.75 Å². The van der Waals surface area contributed by atoms with Crippen LogP contribution in [0.5, 0.6) is 0 Å². The number of nitro groups is 1. The van der Waals surface area contributed by atoms with Crippen molar-refractivity contribution in [2.75, 3.05) is 12.8 Å². The zero-order chi connectivity index (χ0) is 19.4. The number of hydrogen-bond donors (Lipinski definition) is 0. The van der Waals surface area contributed by atoms with E-state index in [1.165, 1.54) is 29.3 Å². The van der Waals surface area contributed by atoms with Gasteiger partial charge in [0.25, 0.3) is 5.69 Å². The molecule has 1 atom stereocenters. The Morgan fingerprint density at radius 1 is 1.07 bits per heavy atom. The molecule has 0 aliphatic carbocycles. The lowest BCUT2D eigenvalue weighted by molar-refractivity contribution is -0.384. The second-order valence-electron chi connectivity index (χ2n) is 6.33. The Balaban J connectivity index is 1.65. The Bertz CT molecular complexity index is 990. The summed E-state index contributed by atoms with van der Waals surface area (Å²) >= 11 is 1.49. The van der Waals surface area contributed by atoms with Crippen LogP contribution in [0.4, 0.5) is 5.69 Å². The van der Waals surface area contributed by atoms with Crippen LogP contribution in [-0.4, -0.2) is 28.5 Å². The first-order valence-electron chi connectivity index (χ1n) is 8.57. The average Bonchev–Trinajstić information content (AvgIpc) is 2.70. The Kier molecular flexibility index (Phi) is 5.76. The van der Waals surface area contributed by atoms with Crippen LogP contribution in [0.2, 0.25) is 0 Å². The fraction of sp³-hybridized carbons (Fsp3) is 0.190. The number of nitrogens with zero attached hydrogens (tertiary/aromatic N) is 2. The molecule has 0 N–H and O–H groups in total. The summed E-state index contributed by atoms with van der Waals surface area (Å²) in [4.78, 5) is 25.8. The number of amides is 1. The van der Waals surface area contributed by atoms with Gasteiger partial charge in [0.1, 0.15) is 0 Å². The number of thioether (sulfide) groups is 1. The normalized spacial score (nSPS) is 11.9. The zero-order valence-corrected chi connectivity index (χ0v) is 16.0. The molecular formula is C21H20N2O3S. The third kappa shape index (κ3) is 4.46. The van der Waals surface area contributed by atoms with Gasteiger partial charge in [-0.2, -0.15) is 0 Å². The molecule has 0 saturated heterocycles. The Labute approximate surface area is 162 Å². The highest BCUT2D eigenvalue weighted by molar-refractivity contribution is 8.00. The number of fused-ring (bicyclic) bond motifs is 1. The van der Waals surface area contributed by atoms with Gasteiger partial charge in [-0.05, 0) is 35.4 Å². The Morgan fingerprint density at radius 3 is 2.56 bits per heavy atom. The minimum absolute atomic E-state index is 0.0211. The van der Waals surface area contributed by atoms with Gasteiger partial charge in [0, 0.05) is 24.1 Å². The van der Waals surface area contributed by atoms with Gasteiger partial charge in [-0.25, -0.2) is 0 Å². The molecule has 0 aromatic heterocycles. The molecule has 27 heavy (non-hydrogen) atoms. The highest BCUT2D eigenvalue weighted by atomic mass is 32.2. The molecule has 0 bridgehead atoms. The van der Waals surface area contributed by atoms with Gasteiger partial charge >= 0.3 is 0 Å². The summed E-state index contributed by atoms with van der Waals surface area (Å²) in [5.74, 6) is 0.292. The molecule has 0 unspecified atom stereocenters. The molecular weight excluding hydrogens is 360 g/mol. The molecule has 3 aromatic rings. The summed E-state index contributed by atoms with van der Waals surface area (Å²) in [7, 11) is 1.73. The first-order valence-corrected chi connectivity index (χ1v) is 9.56. The number of non-ortho nitro benzene ring substituents is 1. The number of carbonyl (C=O) groups excluding carboxylic acids is 1. The van der Waals surface area contributed by atoms with E-state index < -0.39 is 4.92 Å². The van der Waals surface area contributed by atoms with Crippen LogP contribution in [0.3, 0.4) is 0 Å². The fourth-order valence-corrected chi connectivity index (χ4v) is 3.71. The summed E-state index contributed by atoms with van der Waals surface area (Å²) in [6.45, 7) is 1.87. The molecule has 0 aliphatic heterocycles. The van der Waals surface area contributed by atoms with E-state index in [4.69, 9.17) is 0 Å². The summed E-state index contributed by atoms with van der Waals surface area (Å²) in [5.41, 5.74) is 0.779. The minimum Gasteiger partial charge on any atom is -0.338 e. The van der Waals surface area contributed by atoms with Crippen LogP contribution < -0.4 is 0 Å². The van der Waals surface area contributed by atoms with Crippen molar-refractivity contribution < 1.29 is 9.72 Å². The minimum atomic E-state index is -0.423. The van der Waals surface area contributed by atoms with Crippen LogP contribution in [-0.2, 0) is 4.79 Å². The largest absolute Gasteiger partial charge is 0.338 e. The van der Waals surface area contributed by atoms with Crippen LogP contribution >= 0.6 is 11.8 Å². The molecule has 0 fully saturated rings. The van der Waals surface area contributed by atoms with Gasteiger partial charge in [-0.15, -0.1) is 11.8 Å². The third-order valence-electron chi connectivity index (χ3n) is 4.62. The molecule has 0 saturated carbocycles. The smallest absolute Gasteiger partial charge is 0.269 e. The molecule has 0 heterocycles. The van der Waals surface area contributed by atoms with Gasteiger partial charge in [0.2, 0.25) is 5.91 Å². The maximum absolute atomic E-state index is 12.6. The number of hydrogen-bond acceptors (Lipinski definition) is 4. The van der Waals surface area contributed by atoms with Gasteiger partial charge in [-0.3, -0.25) is 14.9 Å². The van der Waals surface area contributed by atoms with Crippen molar-refractivity contribution in [3.63, 3.8) is 0 Å². The first-order chi connectivity index (χ1) is 13.0. The van der Waals surface area contributed by atoms with E-state index in [9.17, 15) is 14.9 Å². The number of carbonyl (C=O) groups is 1. The van der Waals surface area contributed by atoms with Gasteiger partial charge in [0.05, 0.1) is 16.7 Å². The van der Waals surface area contributed by atoms with Crippen LogP contribution in [0.1, 0.15) is 18.5 Å². The van der Waals surface area contributed by atoms with Crippen molar-refractivity contribution in [1.82, 2.24) is 4.90 Å². The molecule has 5 nitrogen and oxygen atoms in total. The van der Waals surface area contributed by atoms with E-state index in [1.807, 2.05) is 25.1 Å².